The fourth-order valence-electron chi connectivity index (χ4n) is 2.45. The molecule has 1 aliphatic carbocycles. The molecule has 0 spiro atoms. The smallest absolute Gasteiger partial charge is 0.0832 e. The van der Waals surface area contributed by atoms with Crippen LogP contribution < -0.4 is 0 Å². The third kappa shape index (κ3) is 2.10. The molecule has 1 N–H and O–H groups in total. The first-order valence-electron chi connectivity index (χ1n) is 5.38. The van der Waals surface area contributed by atoms with E-state index in [0.29, 0.717) is 6.42 Å². The van der Waals surface area contributed by atoms with Gasteiger partial charge in [-0.15, -0.1) is 11.8 Å². The third-order valence-corrected chi connectivity index (χ3v) is 3.45. The zero-order valence-electron chi connectivity index (χ0n) is 9.51. The molecule has 0 aromatic heterocycles. The van der Waals surface area contributed by atoms with Gasteiger partial charge in [0, 0.05) is 12.0 Å². The summed E-state index contributed by atoms with van der Waals surface area (Å²) in [6.45, 7) is 1.82. The maximum absolute atomic E-state index is 10.2. The van der Waals surface area contributed by atoms with Gasteiger partial charge in [0.25, 0.3) is 0 Å². The fraction of sp³-hybridized carbons (Fsp3) is 0.833. The number of rotatable bonds is 3. The molecule has 0 amide bonds. The van der Waals surface area contributed by atoms with Crippen molar-refractivity contribution >= 4 is 0 Å². The first-order chi connectivity index (χ1) is 6.63. The van der Waals surface area contributed by atoms with E-state index in [9.17, 15) is 5.11 Å². The molecule has 0 aromatic rings. The topological polar surface area (TPSA) is 23.5 Å². The predicted octanol–water partition coefficient (Wildman–Crippen LogP) is 1.64. The van der Waals surface area contributed by atoms with E-state index in [1.165, 1.54) is 12.8 Å². The standard InChI is InChI=1S/C12H21NO/c1-4-5-8-11(14)12(13(2)3)9-6-7-10-12/h11,14H,6-10H2,1-3H3. The molecule has 1 fully saturated rings. The van der Waals surface area contributed by atoms with Crippen molar-refractivity contribution in [3.63, 3.8) is 0 Å². The zero-order valence-corrected chi connectivity index (χ0v) is 9.51. The lowest BCUT2D eigenvalue weighted by molar-refractivity contribution is 0.000324. The Morgan fingerprint density at radius 2 is 1.93 bits per heavy atom. The summed E-state index contributed by atoms with van der Waals surface area (Å²) in [7, 11) is 4.13. The van der Waals surface area contributed by atoms with Gasteiger partial charge in [-0.05, 0) is 33.9 Å². The molecule has 1 saturated carbocycles. The summed E-state index contributed by atoms with van der Waals surface area (Å²) in [5, 5.41) is 10.2. The first-order valence-corrected chi connectivity index (χ1v) is 5.38. The minimum Gasteiger partial charge on any atom is -0.390 e. The third-order valence-electron chi connectivity index (χ3n) is 3.45. The van der Waals surface area contributed by atoms with Crippen molar-refractivity contribution in [3.05, 3.63) is 0 Å². The highest BCUT2D eigenvalue weighted by molar-refractivity contribution is 5.05. The van der Waals surface area contributed by atoms with Crippen molar-refractivity contribution in [2.75, 3.05) is 14.1 Å². The van der Waals surface area contributed by atoms with Crippen molar-refractivity contribution < 1.29 is 5.11 Å². The van der Waals surface area contributed by atoms with Crippen LogP contribution in [0.25, 0.3) is 0 Å². The van der Waals surface area contributed by atoms with Crippen LogP contribution in [-0.4, -0.2) is 35.7 Å². The van der Waals surface area contributed by atoms with E-state index in [1.807, 2.05) is 6.92 Å². The van der Waals surface area contributed by atoms with Gasteiger partial charge in [0.15, 0.2) is 0 Å². The second kappa shape index (κ2) is 4.82. The highest BCUT2D eigenvalue weighted by Gasteiger charge is 2.41. The minimum atomic E-state index is -0.299. The Morgan fingerprint density at radius 3 is 2.36 bits per heavy atom. The average molecular weight is 195 g/mol. The number of hydrogen-bond acceptors (Lipinski definition) is 2. The Kier molecular flexibility index (Phi) is 3.97. The van der Waals surface area contributed by atoms with Crippen LogP contribution >= 0.6 is 0 Å². The summed E-state index contributed by atoms with van der Waals surface area (Å²) in [6.07, 6.45) is 4.98. The van der Waals surface area contributed by atoms with E-state index in [2.05, 4.69) is 30.8 Å². The molecule has 0 aromatic carbocycles. The second-order valence-corrected chi connectivity index (χ2v) is 4.35. The molecule has 1 rings (SSSR count). The first kappa shape index (κ1) is 11.6. The second-order valence-electron chi connectivity index (χ2n) is 4.35. The van der Waals surface area contributed by atoms with E-state index >= 15 is 0 Å². The molecule has 2 nitrogen and oxygen atoms in total. The van der Waals surface area contributed by atoms with E-state index in [1.54, 1.807) is 0 Å². The van der Waals surface area contributed by atoms with Crippen LogP contribution in [0.1, 0.15) is 39.0 Å². The van der Waals surface area contributed by atoms with E-state index in [-0.39, 0.29) is 11.6 Å². The van der Waals surface area contributed by atoms with E-state index in [4.69, 9.17) is 0 Å². The minimum absolute atomic E-state index is 0.0101. The Hall–Kier alpha value is -0.520. The van der Waals surface area contributed by atoms with Crippen LogP contribution in [0.5, 0.6) is 0 Å². The molecular weight excluding hydrogens is 174 g/mol. The lowest BCUT2D eigenvalue weighted by Crippen LogP contribution is -2.51. The van der Waals surface area contributed by atoms with Crippen LogP contribution in [0.2, 0.25) is 0 Å². The maximum atomic E-state index is 10.2. The van der Waals surface area contributed by atoms with E-state index in [0.717, 1.165) is 12.8 Å². The Labute approximate surface area is 87.3 Å². The highest BCUT2D eigenvalue weighted by Crippen LogP contribution is 2.37. The van der Waals surface area contributed by atoms with Crippen molar-refractivity contribution in [1.29, 1.82) is 0 Å². The fourth-order valence-corrected chi connectivity index (χ4v) is 2.45. The normalized spacial score (nSPS) is 21.8. The highest BCUT2D eigenvalue weighted by atomic mass is 16.3. The van der Waals surface area contributed by atoms with Gasteiger partial charge in [0.05, 0.1) is 6.10 Å². The summed E-state index contributed by atoms with van der Waals surface area (Å²) in [5.41, 5.74) is -0.0101. The number of aliphatic hydroxyl groups excluding tert-OH is 1. The summed E-state index contributed by atoms with van der Waals surface area (Å²) in [6, 6.07) is 0. The Balaban J connectivity index is 2.70. The van der Waals surface area contributed by atoms with Crippen LogP contribution in [-0.2, 0) is 0 Å². The van der Waals surface area contributed by atoms with Crippen molar-refractivity contribution in [1.82, 2.24) is 4.90 Å². The average Bonchev–Trinajstić information content (AvgIpc) is 2.63. The largest absolute Gasteiger partial charge is 0.390 e. The molecule has 2 heteroatoms. The Morgan fingerprint density at radius 1 is 1.36 bits per heavy atom. The van der Waals surface area contributed by atoms with Gasteiger partial charge < -0.3 is 10.0 Å². The molecule has 0 radical (unpaired) electrons. The molecule has 80 valence electrons. The van der Waals surface area contributed by atoms with Gasteiger partial charge in [-0.3, -0.25) is 0 Å². The molecule has 1 aliphatic rings. The lowest BCUT2D eigenvalue weighted by Gasteiger charge is -2.40. The van der Waals surface area contributed by atoms with Crippen molar-refractivity contribution in [2.24, 2.45) is 0 Å². The summed E-state index contributed by atoms with van der Waals surface area (Å²) >= 11 is 0. The van der Waals surface area contributed by atoms with Gasteiger partial charge in [0.1, 0.15) is 0 Å². The summed E-state index contributed by atoms with van der Waals surface area (Å²) in [4.78, 5) is 2.18. The van der Waals surface area contributed by atoms with Crippen molar-refractivity contribution in [3.8, 4) is 11.8 Å². The van der Waals surface area contributed by atoms with Gasteiger partial charge in [0.2, 0.25) is 0 Å². The number of aliphatic hydroxyl groups is 1. The lowest BCUT2D eigenvalue weighted by atomic mass is 9.87. The molecule has 0 bridgehead atoms. The predicted molar refractivity (Wildman–Crippen MR) is 59.0 cm³/mol. The SMILES string of the molecule is CC#CCC(O)C1(N(C)C)CCCC1. The molecular formula is C12H21NO. The van der Waals surface area contributed by atoms with Crippen LogP contribution in [0, 0.1) is 11.8 Å². The molecule has 0 saturated heterocycles. The number of hydrogen-bond donors (Lipinski definition) is 1. The summed E-state index contributed by atoms with van der Waals surface area (Å²) < 4.78 is 0. The summed E-state index contributed by atoms with van der Waals surface area (Å²) in [5.74, 6) is 5.83. The Bertz CT molecular complexity index is 230. The van der Waals surface area contributed by atoms with Gasteiger partial charge in [-0.1, -0.05) is 12.8 Å². The molecule has 0 heterocycles. The molecule has 14 heavy (non-hydrogen) atoms. The van der Waals surface area contributed by atoms with Crippen LogP contribution in [0.3, 0.4) is 0 Å². The number of likely N-dealkylation sites (N-methyl/N-ethyl adjacent to an activating group) is 1. The van der Waals surface area contributed by atoms with E-state index < -0.39 is 0 Å². The van der Waals surface area contributed by atoms with Crippen LogP contribution in [0.15, 0.2) is 0 Å². The van der Waals surface area contributed by atoms with Gasteiger partial charge in [-0.25, -0.2) is 0 Å². The zero-order chi connectivity index (χ0) is 10.6. The van der Waals surface area contributed by atoms with Crippen molar-refractivity contribution in [2.45, 2.75) is 50.7 Å². The van der Waals surface area contributed by atoms with Gasteiger partial charge in [-0.2, -0.15) is 0 Å². The maximum Gasteiger partial charge on any atom is 0.0832 e. The van der Waals surface area contributed by atoms with Crippen LogP contribution in [0.4, 0.5) is 0 Å². The molecule has 1 unspecified atom stereocenters. The molecule has 1 atom stereocenters. The molecule has 0 aliphatic heterocycles. The number of nitrogens with zero attached hydrogens (tertiary/aromatic N) is 1. The monoisotopic (exact) mass is 195 g/mol. The quantitative estimate of drug-likeness (QED) is 0.692. The van der Waals surface area contributed by atoms with Gasteiger partial charge >= 0.3 is 0 Å².